The van der Waals surface area contributed by atoms with Crippen LogP contribution in [-0.4, -0.2) is 11.9 Å². The molecule has 0 aliphatic heterocycles. The molecule has 0 unspecified atom stereocenters. The smallest absolute Gasteiger partial charge is 0.409 e. The molecule has 0 radical (unpaired) electrons. The zero-order chi connectivity index (χ0) is 7.28. The van der Waals surface area contributed by atoms with Gasteiger partial charge in [-0.3, -0.25) is 4.79 Å². The van der Waals surface area contributed by atoms with E-state index in [0.717, 1.165) is 12.3 Å². The van der Waals surface area contributed by atoms with Crippen molar-refractivity contribution in [1.82, 2.24) is 0 Å². The molecular weight excluding hydrogens is 122 g/mol. The summed E-state index contributed by atoms with van der Waals surface area (Å²) in [4.78, 5) is 19.9. The fourth-order valence-corrected chi connectivity index (χ4v) is 0.197. The molecule has 0 bridgehead atoms. The van der Waals surface area contributed by atoms with Gasteiger partial charge in [0.15, 0.2) is 5.78 Å². The summed E-state index contributed by atoms with van der Waals surface area (Å²) in [5, 5.41) is 0. The summed E-state index contributed by atoms with van der Waals surface area (Å²) in [6, 6.07) is 0. The molecule has 0 aromatic heterocycles. The van der Waals surface area contributed by atoms with Crippen molar-refractivity contribution in [1.29, 1.82) is 0 Å². The molecule has 4 nitrogen and oxygen atoms in total. The monoisotopic (exact) mass is 129 g/mol. The molecule has 0 saturated carbocycles. The lowest BCUT2D eigenvalue weighted by molar-refractivity contribution is -0.112. The molecule has 4 heteroatoms. The number of amides is 1. The van der Waals surface area contributed by atoms with Crippen LogP contribution in [0, 0.1) is 0 Å². The van der Waals surface area contributed by atoms with Gasteiger partial charge in [-0.2, -0.15) is 0 Å². The Labute approximate surface area is 52.3 Å². The van der Waals surface area contributed by atoms with E-state index in [0.29, 0.717) is 0 Å². The van der Waals surface area contributed by atoms with Gasteiger partial charge in [0, 0.05) is 6.08 Å². The van der Waals surface area contributed by atoms with Crippen molar-refractivity contribution in [2.75, 3.05) is 0 Å². The molecule has 0 heterocycles. The summed E-state index contributed by atoms with van der Waals surface area (Å²) in [6.45, 7) is 1.33. The maximum absolute atomic E-state index is 10.1. The molecule has 0 rings (SSSR count). The molecule has 50 valence electrons. The molecule has 0 fully saturated rings. The molecule has 1 amide bonds. The number of nitrogens with two attached hydrogens (primary N) is 1. The average Bonchev–Trinajstić information content (AvgIpc) is 1.63. The summed E-state index contributed by atoms with van der Waals surface area (Å²) in [6.07, 6.45) is 1.13. The third-order valence-corrected chi connectivity index (χ3v) is 0.487. The number of primary amides is 1. The highest BCUT2D eigenvalue weighted by molar-refractivity contribution is 5.87. The van der Waals surface area contributed by atoms with Crippen molar-refractivity contribution in [2.45, 2.75) is 6.92 Å². The van der Waals surface area contributed by atoms with Crippen molar-refractivity contribution < 1.29 is 14.3 Å². The van der Waals surface area contributed by atoms with E-state index >= 15 is 0 Å². The fraction of sp³-hybridized carbons (Fsp3) is 0.200. The van der Waals surface area contributed by atoms with Gasteiger partial charge in [0.25, 0.3) is 0 Å². The predicted molar refractivity (Wildman–Crippen MR) is 30.5 cm³/mol. The third kappa shape index (κ3) is 6.68. The van der Waals surface area contributed by atoms with Gasteiger partial charge in [-0.05, 0) is 6.92 Å². The minimum atomic E-state index is -0.924. The maximum Gasteiger partial charge on any atom is 0.409 e. The zero-order valence-electron chi connectivity index (χ0n) is 4.96. The van der Waals surface area contributed by atoms with Gasteiger partial charge in [-0.15, -0.1) is 0 Å². The normalized spacial score (nSPS) is 9.44. The van der Waals surface area contributed by atoms with E-state index in [4.69, 9.17) is 0 Å². The number of hydrogen-bond donors (Lipinski definition) is 1. The lowest BCUT2D eigenvalue weighted by atomic mass is 10.4. The SMILES string of the molecule is CC(=O)C=COC(N)=O. The minimum absolute atomic E-state index is 0.198. The Morgan fingerprint density at radius 1 is 1.56 bits per heavy atom. The van der Waals surface area contributed by atoms with Crippen LogP contribution in [0.5, 0.6) is 0 Å². The quantitative estimate of drug-likeness (QED) is 0.427. The first-order valence-electron chi connectivity index (χ1n) is 2.26. The second kappa shape index (κ2) is 3.65. The van der Waals surface area contributed by atoms with Crippen LogP contribution < -0.4 is 5.73 Å². The van der Waals surface area contributed by atoms with E-state index in [1.165, 1.54) is 6.92 Å². The number of rotatable bonds is 2. The maximum atomic E-state index is 10.1. The molecule has 0 atom stereocenters. The number of carbonyl (C=O) groups excluding carboxylic acids is 2. The van der Waals surface area contributed by atoms with E-state index in [9.17, 15) is 9.59 Å². The Morgan fingerprint density at radius 3 is 2.44 bits per heavy atom. The highest BCUT2D eigenvalue weighted by atomic mass is 16.5. The number of ether oxygens (including phenoxy) is 1. The number of ketones is 1. The summed E-state index contributed by atoms with van der Waals surface area (Å²) in [5.41, 5.74) is 4.55. The topological polar surface area (TPSA) is 69.4 Å². The standard InChI is InChI=1S/C5H7NO3/c1-4(7)2-3-9-5(6)8/h2-3H,1H3,(H2,6,8). The van der Waals surface area contributed by atoms with Crippen LogP contribution in [-0.2, 0) is 9.53 Å². The predicted octanol–water partition coefficient (Wildman–Crippen LogP) is 0.184. The van der Waals surface area contributed by atoms with Crippen LogP contribution in [0.25, 0.3) is 0 Å². The van der Waals surface area contributed by atoms with E-state index in [2.05, 4.69) is 10.5 Å². The van der Waals surface area contributed by atoms with Gasteiger partial charge in [-0.25, -0.2) is 4.79 Å². The number of carbonyl (C=O) groups is 2. The van der Waals surface area contributed by atoms with Gasteiger partial charge < -0.3 is 10.5 Å². The van der Waals surface area contributed by atoms with Gasteiger partial charge in [0.05, 0.1) is 6.26 Å². The Bertz CT molecular complexity index is 150. The van der Waals surface area contributed by atoms with Gasteiger partial charge in [-0.1, -0.05) is 0 Å². The highest BCUT2D eigenvalue weighted by Crippen LogP contribution is 1.77. The molecule has 0 spiro atoms. The van der Waals surface area contributed by atoms with Crippen molar-refractivity contribution in [3.63, 3.8) is 0 Å². The van der Waals surface area contributed by atoms with E-state index in [1.54, 1.807) is 0 Å². The molecule has 0 aromatic carbocycles. The van der Waals surface area contributed by atoms with Crippen LogP contribution in [0.3, 0.4) is 0 Å². The fourth-order valence-electron chi connectivity index (χ4n) is 0.197. The largest absolute Gasteiger partial charge is 0.418 e. The number of allylic oxidation sites excluding steroid dienone is 1. The molecule has 2 N–H and O–H groups in total. The molecule has 0 aromatic rings. The first-order valence-corrected chi connectivity index (χ1v) is 2.26. The third-order valence-electron chi connectivity index (χ3n) is 0.487. The van der Waals surface area contributed by atoms with Crippen molar-refractivity contribution >= 4 is 11.9 Å². The van der Waals surface area contributed by atoms with Crippen LogP contribution in [0.4, 0.5) is 4.79 Å². The summed E-state index contributed by atoms with van der Waals surface area (Å²) >= 11 is 0. The lowest BCUT2D eigenvalue weighted by Gasteiger charge is -1.86. The lowest BCUT2D eigenvalue weighted by Crippen LogP contribution is -2.08. The summed E-state index contributed by atoms with van der Waals surface area (Å²) in [7, 11) is 0. The van der Waals surface area contributed by atoms with Gasteiger partial charge in [0.1, 0.15) is 0 Å². The van der Waals surface area contributed by atoms with Crippen LogP contribution >= 0.6 is 0 Å². The summed E-state index contributed by atoms with van der Waals surface area (Å²) < 4.78 is 4.09. The molecule has 9 heavy (non-hydrogen) atoms. The zero-order valence-corrected chi connectivity index (χ0v) is 4.96. The average molecular weight is 129 g/mol. The molecule has 0 aliphatic rings. The van der Waals surface area contributed by atoms with Crippen molar-refractivity contribution in [3.05, 3.63) is 12.3 Å². The van der Waals surface area contributed by atoms with Crippen LogP contribution in [0.2, 0.25) is 0 Å². The Kier molecular flexibility index (Phi) is 3.12. The van der Waals surface area contributed by atoms with Gasteiger partial charge >= 0.3 is 6.09 Å². The molecule has 0 aliphatic carbocycles. The van der Waals surface area contributed by atoms with Crippen LogP contribution in [0.15, 0.2) is 12.3 Å². The van der Waals surface area contributed by atoms with E-state index in [1.807, 2.05) is 0 Å². The molecular formula is C5H7NO3. The van der Waals surface area contributed by atoms with Crippen LogP contribution in [0.1, 0.15) is 6.92 Å². The van der Waals surface area contributed by atoms with Crippen molar-refractivity contribution in [3.8, 4) is 0 Å². The molecule has 0 saturated heterocycles. The first-order chi connectivity index (χ1) is 4.13. The van der Waals surface area contributed by atoms with Crippen molar-refractivity contribution in [2.24, 2.45) is 5.73 Å². The second-order valence-electron chi connectivity index (χ2n) is 1.35. The highest BCUT2D eigenvalue weighted by Gasteiger charge is 1.86. The Balaban J connectivity index is 3.48. The number of hydrogen-bond acceptors (Lipinski definition) is 3. The Morgan fingerprint density at radius 2 is 2.11 bits per heavy atom. The summed E-state index contributed by atoms with van der Waals surface area (Å²) in [5.74, 6) is -0.198. The van der Waals surface area contributed by atoms with E-state index < -0.39 is 6.09 Å². The Hall–Kier alpha value is -1.32. The van der Waals surface area contributed by atoms with Gasteiger partial charge in [0.2, 0.25) is 0 Å². The second-order valence-corrected chi connectivity index (χ2v) is 1.35. The van der Waals surface area contributed by atoms with E-state index in [-0.39, 0.29) is 5.78 Å². The minimum Gasteiger partial charge on any atom is -0.418 e. The first kappa shape index (κ1) is 7.68.